The molecule has 6 heteroatoms. The van der Waals surface area contributed by atoms with Crippen LogP contribution >= 0.6 is 0 Å². The molecule has 1 fully saturated rings. The molecule has 3 atom stereocenters. The molecule has 1 aromatic carbocycles. The lowest BCUT2D eigenvalue weighted by molar-refractivity contribution is -0.140. The number of ether oxygens (including phenoxy) is 2. The molecule has 0 radical (unpaired) electrons. The van der Waals surface area contributed by atoms with Crippen molar-refractivity contribution in [3.63, 3.8) is 0 Å². The van der Waals surface area contributed by atoms with Gasteiger partial charge < -0.3 is 24.4 Å². The van der Waals surface area contributed by atoms with Gasteiger partial charge in [-0.15, -0.1) is 0 Å². The Morgan fingerprint density at radius 1 is 1.24 bits per heavy atom. The summed E-state index contributed by atoms with van der Waals surface area (Å²) in [6, 6.07) is 2.07. The van der Waals surface area contributed by atoms with Crippen molar-refractivity contribution in [1.82, 2.24) is 9.80 Å². The van der Waals surface area contributed by atoms with Crippen molar-refractivity contribution in [2.45, 2.75) is 39.7 Å². The zero-order valence-electron chi connectivity index (χ0n) is 18.5. The van der Waals surface area contributed by atoms with Crippen molar-refractivity contribution in [3.8, 4) is 5.75 Å². The number of carbonyl (C=O) groups excluding carboxylic acids is 1. The summed E-state index contributed by atoms with van der Waals surface area (Å²) in [5.41, 5.74) is 4.31. The van der Waals surface area contributed by atoms with E-state index < -0.39 is 6.10 Å². The lowest BCUT2D eigenvalue weighted by Crippen LogP contribution is -2.50. The second kappa shape index (κ2) is 9.45. The standard InChI is InChI=1S/C23H36N2O4/c1-15-14-20(29-13-12-28-5)17(3)21-18(15)6-7-19(22(21)26)16(2)23(27)25-10-8-24(4)9-11-25/h14,16,19,22,26H,6-13H2,1-5H3. The number of carbonyl (C=O) groups is 1. The summed E-state index contributed by atoms with van der Waals surface area (Å²) >= 11 is 0. The molecule has 1 aliphatic carbocycles. The molecule has 1 saturated heterocycles. The van der Waals surface area contributed by atoms with Crippen LogP contribution in [0.15, 0.2) is 6.07 Å². The first kappa shape index (κ1) is 22.1. The van der Waals surface area contributed by atoms with E-state index in [-0.39, 0.29) is 17.7 Å². The molecular weight excluding hydrogens is 368 g/mol. The van der Waals surface area contributed by atoms with E-state index in [1.165, 1.54) is 5.56 Å². The van der Waals surface area contributed by atoms with E-state index >= 15 is 0 Å². The molecule has 2 aliphatic rings. The molecule has 3 unspecified atom stereocenters. The molecule has 1 N–H and O–H groups in total. The summed E-state index contributed by atoms with van der Waals surface area (Å²) in [6.07, 6.45) is 1.08. The Balaban J connectivity index is 1.80. The fourth-order valence-electron chi connectivity index (χ4n) is 4.78. The number of aliphatic hydroxyl groups is 1. The summed E-state index contributed by atoms with van der Waals surface area (Å²) < 4.78 is 11.0. The van der Waals surface area contributed by atoms with Crippen molar-refractivity contribution >= 4 is 5.91 Å². The third-order valence-corrected chi connectivity index (χ3v) is 6.74. The molecular formula is C23H36N2O4. The number of benzene rings is 1. The fourth-order valence-corrected chi connectivity index (χ4v) is 4.78. The van der Waals surface area contributed by atoms with E-state index in [0.29, 0.717) is 13.2 Å². The SMILES string of the molecule is COCCOc1cc(C)c2c(c1C)C(O)C(C(C)C(=O)N1CCN(C)CC1)CC2. The predicted molar refractivity (Wildman–Crippen MR) is 113 cm³/mol. The van der Waals surface area contributed by atoms with Crippen LogP contribution in [0.5, 0.6) is 5.75 Å². The van der Waals surface area contributed by atoms with Crippen LogP contribution in [-0.2, 0) is 16.0 Å². The van der Waals surface area contributed by atoms with Gasteiger partial charge in [-0.1, -0.05) is 6.92 Å². The van der Waals surface area contributed by atoms with Crippen LogP contribution in [0.1, 0.15) is 41.7 Å². The minimum absolute atomic E-state index is 0.0676. The highest BCUT2D eigenvalue weighted by Gasteiger charge is 2.38. The second-order valence-electron chi connectivity index (χ2n) is 8.61. The average Bonchev–Trinajstić information content (AvgIpc) is 2.71. The average molecular weight is 405 g/mol. The molecule has 29 heavy (non-hydrogen) atoms. The Kier molecular flexibility index (Phi) is 7.19. The first-order chi connectivity index (χ1) is 13.8. The lowest BCUT2D eigenvalue weighted by atomic mass is 9.72. The quantitative estimate of drug-likeness (QED) is 0.738. The van der Waals surface area contributed by atoms with Gasteiger partial charge in [-0.3, -0.25) is 4.79 Å². The number of nitrogens with zero attached hydrogens (tertiary/aromatic N) is 2. The number of rotatable bonds is 6. The Labute approximate surface area is 174 Å². The molecule has 0 spiro atoms. The molecule has 0 saturated carbocycles. The molecule has 162 valence electrons. The minimum Gasteiger partial charge on any atom is -0.491 e. The summed E-state index contributed by atoms with van der Waals surface area (Å²) in [5, 5.41) is 11.3. The molecule has 1 amide bonds. The Hall–Kier alpha value is -1.63. The normalized spacial score (nSPS) is 23.6. The molecule has 3 rings (SSSR count). The molecule has 0 aromatic heterocycles. The van der Waals surface area contributed by atoms with Gasteiger partial charge in [0, 0.05) is 45.1 Å². The van der Waals surface area contributed by atoms with Gasteiger partial charge in [-0.25, -0.2) is 0 Å². The number of hydrogen-bond acceptors (Lipinski definition) is 5. The molecule has 1 aromatic rings. The van der Waals surface area contributed by atoms with E-state index in [9.17, 15) is 9.90 Å². The number of hydrogen-bond donors (Lipinski definition) is 1. The van der Waals surface area contributed by atoms with Crippen molar-refractivity contribution in [1.29, 1.82) is 0 Å². The summed E-state index contributed by atoms with van der Waals surface area (Å²) in [6.45, 7) is 10.4. The summed E-state index contributed by atoms with van der Waals surface area (Å²) in [4.78, 5) is 17.3. The smallest absolute Gasteiger partial charge is 0.225 e. The van der Waals surface area contributed by atoms with Gasteiger partial charge in [-0.05, 0) is 62.1 Å². The van der Waals surface area contributed by atoms with Gasteiger partial charge in [0.2, 0.25) is 5.91 Å². The maximum absolute atomic E-state index is 13.1. The number of methoxy groups -OCH3 is 1. The van der Waals surface area contributed by atoms with E-state index in [2.05, 4.69) is 24.9 Å². The molecule has 1 heterocycles. The Morgan fingerprint density at radius 3 is 2.59 bits per heavy atom. The zero-order chi connectivity index (χ0) is 21.1. The van der Waals surface area contributed by atoms with Gasteiger partial charge in [0.05, 0.1) is 12.7 Å². The van der Waals surface area contributed by atoms with Crippen molar-refractivity contribution < 1.29 is 19.4 Å². The summed E-state index contributed by atoms with van der Waals surface area (Å²) in [7, 11) is 3.74. The number of aliphatic hydroxyl groups excluding tert-OH is 1. The third kappa shape index (κ3) is 4.60. The van der Waals surface area contributed by atoms with Gasteiger partial charge in [0.15, 0.2) is 0 Å². The zero-order valence-corrected chi connectivity index (χ0v) is 18.5. The maximum Gasteiger partial charge on any atom is 0.225 e. The Morgan fingerprint density at radius 2 is 1.93 bits per heavy atom. The largest absolute Gasteiger partial charge is 0.491 e. The van der Waals surface area contributed by atoms with E-state index in [1.54, 1.807) is 7.11 Å². The Bertz CT molecular complexity index is 728. The van der Waals surface area contributed by atoms with Gasteiger partial charge in [-0.2, -0.15) is 0 Å². The van der Waals surface area contributed by atoms with E-state index in [1.807, 2.05) is 18.7 Å². The third-order valence-electron chi connectivity index (χ3n) is 6.74. The van der Waals surface area contributed by atoms with Gasteiger partial charge in [0.25, 0.3) is 0 Å². The predicted octanol–water partition coefficient (Wildman–Crippen LogP) is 2.33. The number of piperazine rings is 1. The van der Waals surface area contributed by atoms with Crippen molar-refractivity contribution in [2.24, 2.45) is 11.8 Å². The molecule has 0 bridgehead atoms. The number of fused-ring (bicyclic) bond motifs is 1. The number of amides is 1. The van der Waals surface area contributed by atoms with Crippen LogP contribution in [-0.4, -0.2) is 74.4 Å². The van der Waals surface area contributed by atoms with Crippen LogP contribution < -0.4 is 4.74 Å². The van der Waals surface area contributed by atoms with Crippen LogP contribution in [0.4, 0.5) is 0 Å². The molecule has 1 aliphatic heterocycles. The minimum atomic E-state index is -0.644. The fraction of sp³-hybridized carbons (Fsp3) is 0.696. The first-order valence-electron chi connectivity index (χ1n) is 10.7. The second-order valence-corrected chi connectivity index (χ2v) is 8.61. The van der Waals surface area contributed by atoms with E-state index in [4.69, 9.17) is 9.47 Å². The number of likely N-dealkylation sites (N-methyl/N-ethyl adjacent to an activating group) is 1. The van der Waals surface area contributed by atoms with Gasteiger partial charge >= 0.3 is 0 Å². The topological polar surface area (TPSA) is 62.2 Å². The molecule has 6 nitrogen and oxygen atoms in total. The van der Waals surface area contributed by atoms with Crippen LogP contribution in [0.3, 0.4) is 0 Å². The van der Waals surface area contributed by atoms with Crippen LogP contribution in [0.25, 0.3) is 0 Å². The summed E-state index contributed by atoms with van der Waals surface area (Å²) in [5.74, 6) is 0.713. The monoisotopic (exact) mass is 404 g/mol. The number of aryl methyl sites for hydroxylation is 1. The van der Waals surface area contributed by atoms with Crippen molar-refractivity contribution in [2.75, 3.05) is 53.6 Å². The van der Waals surface area contributed by atoms with Crippen LogP contribution in [0, 0.1) is 25.7 Å². The first-order valence-corrected chi connectivity index (χ1v) is 10.7. The van der Waals surface area contributed by atoms with Crippen molar-refractivity contribution in [3.05, 3.63) is 28.3 Å². The van der Waals surface area contributed by atoms with Gasteiger partial charge in [0.1, 0.15) is 12.4 Å². The maximum atomic E-state index is 13.1. The highest BCUT2D eigenvalue weighted by Crippen LogP contribution is 2.44. The van der Waals surface area contributed by atoms with E-state index in [0.717, 1.165) is 61.5 Å². The highest BCUT2D eigenvalue weighted by atomic mass is 16.5. The highest BCUT2D eigenvalue weighted by molar-refractivity contribution is 5.79. The van der Waals surface area contributed by atoms with Crippen LogP contribution in [0.2, 0.25) is 0 Å². The lowest BCUT2D eigenvalue weighted by Gasteiger charge is -2.39.